The summed E-state index contributed by atoms with van der Waals surface area (Å²) in [5.41, 5.74) is -0.185. The van der Waals surface area contributed by atoms with Gasteiger partial charge in [0.15, 0.2) is 0 Å². The summed E-state index contributed by atoms with van der Waals surface area (Å²) in [6, 6.07) is 9.45. The molecule has 1 aromatic carbocycles. The Balaban J connectivity index is 2.83. The van der Waals surface area contributed by atoms with Crippen molar-refractivity contribution in [3.8, 4) is 0 Å². The van der Waals surface area contributed by atoms with Crippen molar-refractivity contribution in [2.75, 3.05) is 31.8 Å². The number of methoxy groups -OCH3 is 1. The van der Waals surface area contributed by atoms with Crippen LogP contribution in [0.25, 0.3) is 0 Å². The first-order chi connectivity index (χ1) is 10.2. The Morgan fingerprint density at radius 3 is 2.62 bits per heavy atom. The second-order valence-electron chi connectivity index (χ2n) is 4.86. The molecule has 1 unspecified atom stereocenters. The van der Waals surface area contributed by atoms with Crippen LogP contribution in [0.1, 0.15) is 25.3 Å². The number of benzene rings is 1. The molecule has 4 nitrogen and oxygen atoms in total. The molecule has 0 saturated heterocycles. The fraction of sp³-hybridized carbons (Fsp3) is 0.562. The highest BCUT2D eigenvalue weighted by atomic mass is 32.2. The van der Waals surface area contributed by atoms with Crippen LogP contribution in [0.2, 0.25) is 0 Å². The zero-order valence-electron chi connectivity index (χ0n) is 12.8. The van der Waals surface area contributed by atoms with Gasteiger partial charge >= 0.3 is 5.97 Å². The van der Waals surface area contributed by atoms with Crippen LogP contribution in [0.3, 0.4) is 0 Å². The lowest BCUT2D eigenvalue weighted by Gasteiger charge is -2.31. The summed E-state index contributed by atoms with van der Waals surface area (Å²) < 4.78 is 5.02. The molecule has 0 fully saturated rings. The Labute approximate surface area is 131 Å². The molecule has 1 aromatic rings. The summed E-state index contributed by atoms with van der Waals surface area (Å²) in [6.45, 7) is 3.42. The summed E-state index contributed by atoms with van der Waals surface area (Å²) >= 11 is 1.72. The van der Waals surface area contributed by atoms with Gasteiger partial charge in [0.2, 0.25) is 0 Å². The molecule has 118 valence electrons. The largest absolute Gasteiger partial charge is 0.480 e. The molecule has 0 spiro atoms. The van der Waals surface area contributed by atoms with Gasteiger partial charge in [0, 0.05) is 12.9 Å². The first kappa shape index (κ1) is 18.0. The summed E-state index contributed by atoms with van der Waals surface area (Å²) in [5, 5.41) is 13.1. The average molecular weight is 311 g/mol. The topological polar surface area (TPSA) is 58.6 Å². The van der Waals surface area contributed by atoms with E-state index in [0.29, 0.717) is 19.6 Å². The Morgan fingerprint density at radius 2 is 2.05 bits per heavy atom. The van der Waals surface area contributed by atoms with Crippen LogP contribution >= 0.6 is 11.8 Å². The maximum absolute atomic E-state index is 12.0. The van der Waals surface area contributed by atoms with Crippen molar-refractivity contribution in [2.45, 2.75) is 25.3 Å². The number of rotatable bonds is 11. The zero-order valence-corrected chi connectivity index (χ0v) is 13.6. The van der Waals surface area contributed by atoms with E-state index in [0.717, 1.165) is 23.5 Å². The third-order valence-electron chi connectivity index (χ3n) is 3.36. The fourth-order valence-electron chi connectivity index (χ4n) is 2.17. The number of carboxylic acid groups (broad SMARTS) is 1. The van der Waals surface area contributed by atoms with E-state index in [1.165, 1.54) is 0 Å². The normalized spacial score (nSPS) is 13.8. The minimum absolute atomic E-state index is 0.556. The molecule has 5 heteroatoms. The van der Waals surface area contributed by atoms with E-state index in [1.54, 1.807) is 18.9 Å². The number of carboxylic acids is 1. The van der Waals surface area contributed by atoms with Gasteiger partial charge < -0.3 is 9.84 Å². The van der Waals surface area contributed by atoms with Crippen LogP contribution in [-0.4, -0.2) is 42.8 Å². The summed E-state index contributed by atoms with van der Waals surface area (Å²) in [5.74, 6) is 0.852. The number of hydrogen-bond acceptors (Lipinski definition) is 4. The molecule has 0 heterocycles. The van der Waals surface area contributed by atoms with Gasteiger partial charge in [0.25, 0.3) is 0 Å². The zero-order chi connectivity index (χ0) is 15.6. The molecule has 1 rings (SSSR count). The highest BCUT2D eigenvalue weighted by Gasteiger charge is 2.39. The van der Waals surface area contributed by atoms with Gasteiger partial charge in [-0.05, 0) is 30.7 Å². The van der Waals surface area contributed by atoms with Crippen molar-refractivity contribution in [3.63, 3.8) is 0 Å². The lowest BCUT2D eigenvalue weighted by molar-refractivity contribution is -0.145. The molecular formula is C16H25NO3S. The summed E-state index contributed by atoms with van der Waals surface area (Å²) in [7, 11) is 1.68. The van der Waals surface area contributed by atoms with E-state index in [9.17, 15) is 9.90 Å². The smallest absolute Gasteiger partial charge is 0.328 e. The predicted molar refractivity (Wildman–Crippen MR) is 87.9 cm³/mol. The second kappa shape index (κ2) is 9.82. The molecule has 0 aliphatic rings. The Morgan fingerprint density at radius 1 is 1.33 bits per heavy atom. The fourth-order valence-corrected chi connectivity index (χ4v) is 3.11. The molecule has 0 bridgehead atoms. The van der Waals surface area contributed by atoms with Crippen LogP contribution < -0.4 is 5.32 Å². The first-order valence-corrected chi connectivity index (χ1v) is 8.43. The van der Waals surface area contributed by atoms with E-state index in [1.807, 2.05) is 37.3 Å². The van der Waals surface area contributed by atoms with Gasteiger partial charge in [0.1, 0.15) is 5.54 Å². The first-order valence-electron chi connectivity index (χ1n) is 7.28. The van der Waals surface area contributed by atoms with Gasteiger partial charge in [-0.1, -0.05) is 37.3 Å². The van der Waals surface area contributed by atoms with Gasteiger partial charge in [-0.15, -0.1) is 0 Å². The number of hydrogen-bond donors (Lipinski definition) is 2. The van der Waals surface area contributed by atoms with Gasteiger partial charge in [-0.2, -0.15) is 11.8 Å². The number of thioether (sulfide) groups is 1. The minimum atomic E-state index is -1.00. The van der Waals surface area contributed by atoms with Crippen molar-refractivity contribution >= 4 is 17.7 Å². The van der Waals surface area contributed by atoms with Gasteiger partial charge in [0.05, 0.1) is 6.61 Å². The van der Waals surface area contributed by atoms with Crippen molar-refractivity contribution in [3.05, 3.63) is 35.9 Å². The molecule has 0 amide bonds. The third-order valence-corrected chi connectivity index (χ3v) is 4.31. The molecule has 0 aliphatic carbocycles. The highest BCUT2D eigenvalue weighted by molar-refractivity contribution is 7.99. The van der Waals surface area contributed by atoms with E-state index in [-0.39, 0.29) is 0 Å². The molecule has 0 saturated carbocycles. The maximum atomic E-state index is 12.0. The quantitative estimate of drug-likeness (QED) is 0.615. The standard InChI is InChI=1S/C16H25NO3S/c1-3-10-17-16(15(18)19,9-12-21-13-11-20-2)14-7-5-4-6-8-14/h4-8,17H,3,9-13H2,1-2H3,(H,18,19). The number of nitrogens with one attached hydrogen (secondary N) is 1. The van der Waals surface area contributed by atoms with Crippen LogP contribution in [0.15, 0.2) is 30.3 Å². The monoisotopic (exact) mass is 311 g/mol. The average Bonchev–Trinajstić information content (AvgIpc) is 2.51. The minimum Gasteiger partial charge on any atom is -0.480 e. The van der Waals surface area contributed by atoms with E-state index in [2.05, 4.69) is 5.32 Å². The third kappa shape index (κ3) is 5.34. The second-order valence-corrected chi connectivity index (χ2v) is 6.08. The van der Waals surface area contributed by atoms with E-state index < -0.39 is 11.5 Å². The van der Waals surface area contributed by atoms with Crippen LogP contribution in [0.4, 0.5) is 0 Å². The molecular weight excluding hydrogens is 286 g/mol. The molecule has 21 heavy (non-hydrogen) atoms. The number of aliphatic carboxylic acids is 1. The van der Waals surface area contributed by atoms with Gasteiger partial charge in [-0.3, -0.25) is 5.32 Å². The van der Waals surface area contributed by atoms with Crippen molar-refractivity contribution < 1.29 is 14.6 Å². The van der Waals surface area contributed by atoms with E-state index in [4.69, 9.17) is 4.74 Å². The maximum Gasteiger partial charge on any atom is 0.328 e. The van der Waals surface area contributed by atoms with Crippen molar-refractivity contribution in [2.24, 2.45) is 0 Å². The summed E-state index contributed by atoms with van der Waals surface area (Å²) in [6.07, 6.45) is 1.46. The lowest BCUT2D eigenvalue weighted by atomic mass is 9.87. The Hall–Kier alpha value is -1.04. The molecule has 0 aliphatic heterocycles. The number of carbonyl (C=O) groups is 1. The van der Waals surface area contributed by atoms with Crippen LogP contribution in [0.5, 0.6) is 0 Å². The Bertz CT molecular complexity index is 413. The van der Waals surface area contributed by atoms with Crippen molar-refractivity contribution in [1.82, 2.24) is 5.32 Å². The van der Waals surface area contributed by atoms with E-state index >= 15 is 0 Å². The predicted octanol–water partition coefficient (Wildman–Crippen LogP) is 2.74. The van der Waals surface area contributed by atoms with Crippen LogP contribution in [-0.2, 0) is 15.1 Å². The molecule has 0 aromatic heterocycles. The Kier molecular flexibility index (Phi) is 8.42. The summed E-state index contributed by atoms with van der Waals surface area (Å²) in [4.78, 5) is 12.0. The van der Waals surface area contributed by atoms with Crippen LogP contribution in [0, 0.1) is 0 Å². The SMILES string of the molecule is CCCNC(CCSCCOC)(C(=O)O)c1ccccc1. The van der Waals surface area contributed by atoms with Gasteiger partial charge in [-0.25, -0.2) is 4.79 Å². The van der Waals surface area contributed by atoms with Crippen molar-refractivity contribution in [1.29, 1.82) is 0 Å². The molecule has 2 N–H and O–H groups in total. The number of ether oxygens (including phenoxy) is 1. The molecule has 1 atom stereocenters. The lowest BCUT2D eigenvalue weighted by Crippen LogP contribution is -2.50. The highest BCUT2D eigenvalue weighted by Crippen LogP contribution is 2.27. The molecule has 0 radical (unpaired) electrons.